The highest BCUT2D eigenvalue weighted by molar-refractivity contribution is 9.10. The van der Waals surface area contributed by atoms with Gasteiger partial charge >= 0.3 is 0 Å². The highest BCUT2D eigenvalue weighted by Crippen LogP contribution is 2.26. The van der Waals surface area contributed by atoms with Crippen LogP contribution in [0.4, 0.5) is 56.1 Å². The second-order valence-electron chi connectivity index (χ2n) is 18.3. The minimum absolute atomic E-state index is 0.145. The number of anilines is 4. The molecule has 4 fully saturated rings. The summed E-state index contributed by atoms with van der Waals surface area (Å²) >= 11 is 3.26. The number of nitrogens with zero attached hydrogens (tertiary/aromatic N) is 10. The predicted octanol–water partition coefficient (Wildman–Crippen LogP) is 7.86. The Labute approximate surface area is 426 Å². The third-order valence-electron chi connectivity index (χ3n) is 11.3. The van der Waals surface area contributed by atoms with Gasteiger partial charge in [0.05, 0.1) is 39.0 Å². The summed E-state index contributed by atoms with van der Waals surface area (Å²) in [6.45, 7) is 20.7. The van der Waals surface area contributed by atoms with E-state index < -0.39 is 38.6 Å². The Bertz CT molecular complexity index is 2240. The van der Waals surface area contributed by atoms with Gasteiger partial charge in [-0.25, -0.2) is 22.0 Å². The molecular weight excluding hydrogens is 1020 g/mol. The molecule has 0 amide bonds. The van der Waals surface area contributed by atoms with E-state index in [1.54, 1.807) is 32.9 Å². The maximum absolute atomic E-state index is 13.7. The Morgan fingerprint density at radius 3 is 1.22 bits per heavy atom. The van der Waals surface area contributed by atoms with Crippen molar-refractivity contribution >= 4 is 50.1 Å². The molecule has 4 saturated heterocycles. The lowest BCUT2D eigenvalue weighted by molar-refractivity contribution is -0.385. The summed E-state index contributed by atoms with van der Waals surface area (Å²) in [6, 6.07) is 16.1. The lowest BCUT2D eigenvalue weighted by Crippen LogP contribution is -2.44. The fraction of sp³-hybridized carbons (Fsp3) is 0.500. The molecule has 8 rings (SSSR count). The summed E-state index contributed by atoms with van der Waals surface area (Å²) in [5, 5.41) is 26.0. The maximum atomic E-state index is 13.7. The molecule has 0 radical (unpaired) electrons. The fourth-order valence-electron chi connectivity index (χ4n) is 7.01. The summed E-state index contributed by atoms with van der Waals surface area (Å²) < 4.78 is 66.2. The first-order chi connectivity index (χ1) is 34.0. The lowest BCUT2D eigenvalue weighted by atomic mass is 10.2. The molecule has 398 valence electrons. The van der Waals surface area contributed by atoms with Crippen molar-refractivity contribution in [3.8, 4) is 0 Å². The molecule has 0 bridgehead atoms. The second-order valence-corrected chi connectivity index (χ2v) is 19.2. The van der Waals surface area contributed by atoms with E-state index in [2.05, 4.69) is 82.0 Å². The molecule has 0 aromatic heterocycles. The highest BCUT2D eigenvalue weighted by Gasteiger charge is 2.21. The Morgan fingerprint density at radius 1 is 0.542 bits per heavy atom. The van der Waals surface area contributed by atoms with E-state index in [0.717, 1.165) is 108 Å². The molecule has 18 nitrogen and oxygen atoms in total. The molecular formula is C48H68BrF5N12O6. The number of halogens is 6. The smallest absolute Gasteiger partial charge is 0.272 e. The number of nitro groups is 2. The van der Waals surface area contributed by atoms with Gasteiger partial charge in [0.15, 0.2) is 22.8 Å². The van der Waals surface area contributed by atoms with Gasteiger partial charge < -0.3 is 50.2 Å². The summed E-state index contributed by atoms with van der Waals surface area (Å²) in [6.07, 6.45) is 0. The van der Waals surface area contributed by atoms with E-state index in [-0.39, 0.29) is 17.3 Å². The Kier molecular flexibility index (Phi) is 25.5. The third-order valence-corrected chi connectivity index (χ3v) is 11.8. The molecule has 4 aromatic carbocycles. The number of nitrogens with two attached hydrogens (primary N) is 1. The van der Waals surface area contributed by atoms with E-state index in [0.29, 0.717) is 34.9 Å². The largest absolute Gasteiger partial charge is 0.399 e. The van der Waals surface area contributed by atoms with Crippen molar-refractivity contribution in [2.24, 2.45) is 5.34 Å². The standard InChI is InChI=1S/C11H14BrFN2.C11H14FN3O2.C11H16FN3.C6H3F2NO2.C5H12N2.C4H9NO2/c1-14-4-6-15(7-5-14)11-3-2-9(12)8-10(11)13;1-13-4-6-14(7-5-13)11-3-2-9(15(16)17)8-10(11)12;1-14-4-6-15(7-5-14)11-3-2-9(13)8-10(11)12;7-5-2-1-4(9(10)11)3-6(5)8;1-7-4-2-6-3-5-7;1-4(2,3)7-5-6/h2-3,8H,4-7H2,1H3;2-3,8H,4-7H2,1H3;2-3,8H,4-7,13H2,1H3;1-3H;6H,2-5H2,1H3;1-3H3. The van der Waals surface area contributed by atoms with Crippen LogP contribution in [-0.2, 0) is 4.84 Å². The molecule has 0 aliphatic carbocycles. The van der Waals surface area contributed by atoms with Gasteiger partial charge in [-0.2, -0.15) is 0 Å². The van der Waals surface area contributed by atoms with Crippen molar-refractivity contribution in [1.82, 2.24) is 24.9 Å². The van der Waals surface area contributed by atoms with Gasteiger partial charge in [-0.05, 0) is 97.5 Å². The number of nitro benzene ring substituents is 2. The summed E-state index contributed by atoms with van der Waals surface area (Å²) in [5.41, 5.74) is 6.72. The van der Waals surface area contributed by atoms with Crippen molar-refractivity contribution in [1.29, 1.82) is 0 Å². The highest BCUT2D eigenvalue weighted by atomic mass is 79.9. The van der Waals surface area contributed by atoms with Crippen LogP contribution in [0.1, 0.15) is 20.8 Å². The molecule has 0 spiro atoms. The average molecular weight is 1080 g/mol. The van der Waals surface area contributed by atoms with Gasteiger partial charge in [0.1, 0.15) is 17.2 Å². The van der Waals surface area contributed by atoms with Crippen molar-refractivity contribution in [2.45, 2.75) is 26.4 Å². The molecule has 3 N–H and O–H groups in total. The average Bonchev–Trinajstić information content (AvgIpc) is 3.32. The van der Waals surface area contributed by atoms with Gasteiger partial charge in [-0.3, -0.25) is 20.2 Å². The predicted molar refractivity (Wildman–Crippen MR) is 277 cm³/mol. The van der Waals surface area contributed by atoms with Gasteiger partial charge in [0, 0.05) is 127 Å². The van der Waals surface area contributed by atoms with Crippen LogP contribution >= 0.6 is 15.9 Å². The third kappa shape index (κ3) is 21.9. The van der Waals surface area contributed by atoms with Crippen LogP contribution in [0.3, 0.4) is 0 Å². The topological polar surface area (TPSA) is 186 Å². The summed E-state index contributed by atoms with van der Waals surface area (Å²) in [7, 11) is 8.34. The lowest BCUT2D eigenvalue weighted by Gasteiger charge is -2.34. The van der Waals surface area contributed by atoms with Crippen LogP contribution in [0, 0.1) is 54.2 Å². The Balaban J connectivity index is 0.000000235. The molecule has 0 atom stereocenters. The number of benzene rings is 4. The summed E-state index contributed by atoms with van der Waals surface area (Å²) in [5.74, 6) is -3.19. The quantitative estimate of drug-likeness (QED) is 0.0625. The van der Waals surface area contributed by atoms with Gasteiger partial charge in [0.25, 0.3) is 11.4 Å². The number of nitrogens with one attached hydrogen (secondary N) is 1. The first kappa shape index (κ1) is 60.5. The molecule has 4 aliphatic rings. The minimum Gasteiger partial charge on any atom is -0.399 e. The van der Waals surface area contributed by atoms with Crippen molar-refractivity contribution in [3.05, 3.63) is 131 Å². The number of nitrogen functional groups attached to an aromatic ring is 1. The number of likely N-dealkylation sites (N-methyl/N-ethyl adjacent to an activating group) is 4. The molecule has 0 unspecified atom stereocenters. The van der Waals surface area contributed by atoms with E-state index in [9.17, 15) is 47.1 Å². The van der Waals surface area contributed by atoms with Crippen molar-refractivity contribution in [2.75, 3.05) is 153 Å². The van der Waals surface area contributed by atoms with Crippen molar-refractivity contribution in [3.63, 3.8) is 0 Å². The molecule has 24 heteroatoms. The van der Waals surface area contributed by atoms with Gasteiger partial charge in [-0.15, -0.1) is 4.91 Å². The number of hydrogen-bond donors (Lipinski definition) is 2. The van der Waals surface area contributed by atoms with E-state index in [1.165, 1.54) is 37.4 Å². The monoisotopic (exact) mass is 1080 g/mol. The fourth-order valence-corrected chi connectivity index (χ4v) is 7.35. The molecule has 4 heterocycles. The van der Waals surface area contributed by atoms with E-state index in [4.69, 9.17) is 5.73 Å². The maximum Gasteiger partial charge on any atom is 0.272 e. The molecule has 72 heavy (non-hydrogen) atoms. The number of rotatable bonds is 6. The van der Waals surface area contributed by atoms with Crippen LogP contribution < -0.4 is 25.8 Å². The van der Waals surface area contributed by atoms with E-state index >= 15 is 0 Å². The zero-order valence-corrected chi connectivity index (χ0v) is 43.6. The van der Waals surface area contributed by atoms with E-state index in [1.807, 2.05) is 24.1 Å². The van der Waals surface area contributed by atoms with Crippen LogP contribution in [0.15, 0.2) is 82.6 Å². The minimum atomic E-state index is -1.21. The number of piperazine rings is 4. The number of hydrogen-bond acceptors (Lipinski definition) is 16. The molecule has 0 saturated carbocycles. The normalized spacial score (nSPS) is 16.6. The Morgan fingerprint density at radius 2 is 0.903 bits per heavy atom. The molecule has 4 aromatic rings. The zero-order valence-electron chi connectivity index (χ0n) is 42.0. The Hall–Kier alpha value is -5.79. The second kappa shape index (κ2) is 30.3. The van der Waals surface area contributed by atoms with Crippen LogP contribution in [0.2, 0.25) is 0 Å². The SMILES string of the molecule is CC(C)(C)ON=O.CN1CCN(c2ccc(Br)cc2F)CC1.CN1CCN(c2ccc(N)cc2F)CC1.CN1CCN(c2ccc([N+](=O)[O-])cc2F)CC1.CN1CCNCC1.O=[N+]([O-])c1ccc(F)c(F)c1. The van der Waals surface area contributed by atoms with Crippen LogP contribution in [0.25, 0.3) is 0 Å². The van der Waals surface area contributed by atoms with Crippen molar-refractivity contribution < 1.29 is 36.6 Å². The van der Waals surface area contributed by atoms with Crippen LogP contribution in [0.5, 0.6) is 0 Å². The van der Waals surface area contributed by atoms with Crippen LogP contribution in [-0.4, -0.2) is 168 Å². The number of non-ortho nitro benzene ring substituents is 2. The van der Waals surface area contributed by atoms with Gasteiger partial charge in [-0.1, -0.05) is 15.9 Å². The summed E-state index contributed by atoms with van der Waals surface area (Å²) in [4.78, 5) is 47.8. The van der Waals surface area contributed by atoms with Gasteiger partial charge in [0.2, 0.25) is 0 Å². The first-order valence-corrected chi connectivity index (χ1v) is 24.0. The first-order valence-electron chi connectivity index (χ1n) is 23.2. The molecule has 4 aliphatic heterocycles. The zero-order chi connectivity index (χ0) is 53.5.